The maximum absolute atomic E-state index is 5.92. The zero-order valence-corrected chi connectivity index (χ0v) is 11.7. The van der Waals surface area contributed by atoms with Crippen LogP contribution in [0.1, 0.15) is 23.9 Å². The fourth-order valence-corrected chi connectivity index (χ4v) is 2.58. The molecule has 18 heavy (non-hydrogen) atoms. The van der Waals surface area contributed by atoms with Gasteiger partial charge in [-0.3, -0.25) is 0 Å². The van der Waals surface area contributed by atoms with Crippen LogP contribution in [-0.2, 0) is 6.42 Å². The molecule has 0 saturated carbocycles. The summed E-state index contributed by atoms with van der Waals surface area (Å²) in [7, 11) is 0. The van der Waals surface area contributed by atoms with Gasteiger partial charge >= 0.3 is 0 Å². The SMILES string of the molecule is CCc1nc(N)c(C)c(Sc2ccccc2C)n1. The summed E-state index contributed by atoms with van der Waals surface area (Å²) >= 11 is 1.65. The number of benzene rings is 1. The molecule has 0 saturated heterocycles. The van der Waals surface area contributed by atoms with Crippen molar-refractivity contribution in [3.05, 3.63) is 41.2 Å². The topological polar surface area (TPSA) is 51.8 Å². The number of aryl methyl sites for hydroxylation is 2. The number of rotatable bonds is 3. The summed E-state index contributed by atoms with van der Waals surface area (Å²) in [6, 6.07) is 8.28. The van der Waals surface area contributed by atoms with Crippen molar-refractivity contribution in [3.8, 4) is 0 Å². The van der Waals surface area contributed by atoms with Crippen LogP contribution in [0.25, 0.3) is 0 Å². The van der Waals surface area contributed by atoms with Crippen LogP contribution in [-0.4, -0.2) is 9.97 Å². The van der Waals surface area contributed by atoms with E-state index in [-0.39, 0.29) is 0 Å². The molecule has 1 aromatic carbocycles. The van der Waals surface area contributed by atoms with E-state index in [1.165, 1.54) is 10.5 Å². The molecule has 0 aliphatic rings. The summed E-state index contributed by atoms with van der Waals surface area (Å²) in [5, 5.41) is 0.952. The first-order chi connectivity index (χ1) is 8.61. The molecule has 1 heterocycles. The Kier molecular flexibility index (Phi) is 3.87. The number of anilines is 1. The fraction of sp³-hybridized carbons (Fsp3) is 0.286. The van der Waals surface area contributed by atoms with Gasteiger partial charge in [0.2, 0.25) is 0 Å². The second-order valence-electron chi connectivity index (χ2n) is 4.18. The van der Waals surface area contributed by atoms with Crippen molar-refractivity contribution in [2.45, 2.75) is 37.1 Å². The molecule has 2 rings (SSSR count). The number of aromatic nitrogens is 2. The molecule has 2 aromatic rings. The second kappa shape index (κ2) is 5.40. The highest BCUT2D eigenvalue weighted by Crippen LogP contribution is 2.32. The minimum absolute atomic E-state index is 0.581. The molecule has 0 fully saturated rings. The second-order valence-corrected chi connectivity index (χ2v) is 5.21. The van der Waals surface area contributed by atoms with Gasteiger partial charge < -0.3 is 5.73 Å². The molecule has 0 atom stereocenters. The molecule has 0 amide bonds. The van der Waals surface area contributed by atoms with Gasteiger partial charge in [-0.2, -0.15) is 0 Å². The molecular formula is C14H17N3S. The number of nitrogens with two attached hydrogens (primary N) is 1. The van der Waals surface area contributed by atoms with Crippen molar-refractivity contribution in [1.82, 2.24) is 9.97 Å². The first-order valence-electron chi connectivity index (χ1n) is 5.98. The minimum atomic E-state index is 0.581. The lowest BCUT2D eigenvalue weighted by Crippen LogP contribution is -2.03. The molecular weight excluding hydrogens is 242 g/mol. The van der Waals surface area contributed by atoms with E-state index in [2.05, 4.69) is 29.0 Å². The molecule has 4 heteroatoms. The van der Waals surface area contributed by atoms with Gasteiger partial charge in [-0.05, 0) is 25.5 Å². The average molecular weight is 259 g/mol. The van der Waals surface area contributed by atoms with Gasteiger partial charge in [0.1, 0.15) is 16.7 Å². The molecule has 1 aromatic heterocycles. The lowest BCUT2D eigenvalue weighted by atomic mass is 10.2. The van der Waals surface area contributed by atoms with Crippen molar-refractivity contribution in [2.24, 2.45) is 0 Å². The monoisotopic (exact) mass is 259 g/mol. The summed E-state index contributed by atoms with van der Waals surface area (Å²) in [4.78, 5) is 10.0. The summed E-state index contributed by atoms with van der Waals surface area (Å²) in [6.07, 6.45) is 0.797. The van der Waals surface area contributed by atoms with Crippen molar-refractivity contribution in [1.29, 1.82) is 0 Å². The molecule has 0 radical (unpaired) electrons. The predicted octanol–water partition coefficient (Wildman–Crippen LogP) is 3.39. The van der Waals surface area contributed by atoms with E-state index in [1.54, 1.807) is 11.8 Å². The van der Waals surface area contributed by atoms with Crippen molar-refractivity contribution in [2.75, 3.05) is 5.73 Å². The van der Waals surface area contributed by atoms with Crippen molar-refractivity contribution >= 4 is 17.6 Å². The minimum Gasteiger partial charge on any atom is -0.383 e. The maximum atomic E-state index is 5.92. The Balaban J connectivity index is 2.40. The molecule has 0 spiro atoms. The molecule has 3 nitrogen and oxygen atoms in total. The Hall–Kier alpha value is -1.55. The first-order valence-corrected chi connectivity index (χ1v) is 6.80. The largest absolute Gasteiger partial charge is 0.383 e. The Morgan fingerprint density at radius 1 is 1.17 bits per heavy atom. The highest BCUT2D eigenvalue weighted by atomic mass is 32.2. The van der Waals surface area contributed by atoms with Gasteiger partial charge in [0.15, 0.2) is 0 Å². The summed E-state index contributed by atoms with van der Waals surface area (Å²) in [6.45, 7) is 6.10. The summed E-state index contributed by atoms with van der Waals surface area (Å²) in [5.74, 6) is 1.38. The van der Waals surface area contributed by atoms with Gasteiger partial charge in [-0.15, -0.1) is 0 Å². The smallest absolute Gasteiger partial charge is 0.131 e. The molecule has 0 aliphatic heterocycles. The van der Waals surface area contributed by atoms with Crippen LogP contribution in [0.5, 0.6) is 0 Å². The fourth-order valence-electron chi connectivity index (χ4n) is 1.59. The lowest BCUT2D eigenvalue weighted by molar-refractivity contribution is 0.878. The van der Waals surface area contributed by atoms with Gasteiger partial charge in [-0.25, -0.2) is 9.97 Å². The van der Waals surface area contributed by atoms with Gasteiger partial charge in [0.05, 0.1) is 0 Å². The van der Waals surface area contributed by atoms with E-state index in [4.69, 9.17) is 5.73 Å². The molecule has 0 unspecified atom stereocenters. The van der Waals surface area contributed by atoms with E-state index >= 15 is 0 Å². The van der Waals surface area contributed by atoms with E-state index in [9.17, 15) is 0 Å². The van der Waals surface area contributed by atoms with Crippen LogP contribution in [0, 0.1) is 13.8 Å². The Morgan fingerprint density at radius 3 is 2.56 bits per heavy atom. The van der Waals surface area contributed by atoms with Gasteiger partial charge in [0.25, 0.3) is 0 Å². The third-order valence-electron chi connectivity index (χ3n) is 2.80. The predicted molar refractivity (Wildman–Crippen MR) is 75.9 cm³/mol. The summed E-state index contributed by atoms with van der Waals surface area (Å²) < 4.78 is 0. The third kappa shape index (κ3) is 2.64. The highest BCUT2D eigenvalue weighted by molar-refractivity contribution is 7.99. The van der Waals surface area contributed by atoms with Crippen LogP contribution in [0.15, 0.2) is 34.2 Å². The molecule has 0 bridgehead atoms. The van der Waals surface area contributed by atoms with Crippen molar-refractivity contribution in [3.63, 3.8) is 0 Å². The number of nitrogen functional groups attached to an aromatic ring is 1. The quantitative estimate of drug-likeness (QED) is 0.858. The van der Waals surface area contributed by atoms with Gasteiger partial charge in [0, 0.05) is 16.9 Å². The Morgan fingerprint density at radius 2 is 1.89 bits per heavy atom. The van der Waals surface area contributed by atoms with E-state index in [0.717, 1.165) is 22.8 Å². The zero-order valence-electron chi connectivity index (χ0n) is 10.9. The highest BCUT2D eigenvalue weighted by Gasteiger charge is 2.10. The molecule has 94 valence electrons. The average Bonchev–Trinajstić information content (AvgIpc) is 2.37. The maximum Gasteiger partial charge on any atom is 0.131 e. The first kappa shape index (κ1) is 12.9. The lowest BCUT2D eigenvalue weighted by Gasteiger charge is -2.10. The third-order valence-corrected chi connectivity index (χ3v) is 4.07. The van der Waals surface area contributed by atoms with Crippen LogP contribution in [0.3, 0.4) is 0 Å². The van der Waals surface area contributed by atoms with Crippen molar-refractivity contribution < 1.29 is 0 Å². The standard InChI is InChI=1S/C14H17N3S/c1-4-12-16-13(15)10(3)14(17-12)18-11-8-6-5-7-9(11)2/h5-8H,4H2,1-3H3,(H2,15,16,17). The van der Waals surface area contributed by atoms with E-state index < -0.39 is 0 Å². The molecule has 2 N–H and O–H groups in total. The number of hydrogen-bond donors (Lipinski definition) is 1. The summed E-state index contributed by atoms with van der Waals surface area (Å²) in [5.41, 5.74) is 8.13. The van der Waals surface area contributed by atoms with Gasteiger partial charge in [-0.1, -0.05) is 36.9 Å². The zero-order chi connectivity index (χ0) is 13.1. The molecule has 0 aliphatic carbocycles. The Bertz CT molecular complexity index is 567. The van der Waals surface area contributed by atoms with Crippen LogP contribution in [0.4, 0.5) is 5.82 Å². The van der Waals surface area contributed by atoms with Crippen LogP contribution < -0.4 is 5.73 Å². The van der Waals surface area contributed by atoms with Crippen LogP contribution in [0.2, 0.25) is 0 Å². The van der Waals surface area contributed by atoms with E-state index in [0.29, 0.717) is 5.82 Å². The normalized spacial score (nSPS) is 10.6. The Labute approximate surface area is 112 Å². The number of nitrogens with zero attached hydrogens (tertiary/aromatic N) is 2. The number of hydrogen-bond acceptors (Lipinski definition) is 4. The van der Waals surface area contributed by atoms with Crippen LogP contribution >= 0.6 is 11.8 Å². The van der Waals surface area contributed by atoms with E-state index in [1.807, 2.05) is 26.0 Å².